The number of carbonyl (C=O) groups excluding carboxylic acids is 2. The van der Waals surface area contributed by atoms with Crippen LogP contribution in [-0.2, 0) is 14.3 Å². The first-order valence-electron chi connectivity index (χ1n) is 10.7. The SMILES string of the molecule is CCCNC(=O)[C@H]1O[C@@H](n2ccc(N)nc2=O)C=C[C@@H]1NC(=O)C[C@@H](N)CCN(C)C(=N)N. The van der Waals surface area contributed by atoms with Gasteiger partial charge in [0.15, 0.2) is 18.3 Å². The van der Waals surface area contributed by atoms with Gasteiger partial charge in [0.05, 0.1) is 6.04 Å². The van der Waals surface area contributed by atoms with Crippen LogP contribution >= 0.6 is 0 Å². The molecule has 4 atom stereocenters. The maximum atomic E-state index is 12.7. The average molecular weight is 464 g/mol. The summed E-state index contributed by atoms with van der Waals surface area (Å²) < 4.78 is 7.07. The zero-order valence-electron chi connectivity index (χ0n) is 18.9. The van der Waals surface area contributed by atoms with Gasteiger partial charge >= 0.3 is 5.69 Å². The molecule has 1 aromatic heterocycles. The molecule has 0 saturated heterocycles. The molecule has 0 fully saturated rings. The van der Waals surface area contributed by atoms with Crippen LogP contribution < -0.4 is 33.5 Å². The molecule has 0 saturated carbocycles. The minimum absolute atomic E-state index is 0.0180. The van der Waals surface area contributed by atoms with Crippen LogP contribution in [0, 0.1) is 5.41 Å². The molecule has 1 aliphatic heterocycles. The summed E-state index contributed by atoms with van der Waals surface area (Å²) in [7, 11) is 1.66. The lowest BCUT2D eigenvalue weighted by molar-refractivity contribution is -0.142. The minimum atomic E-state index is -1.07. The van der Waals surface area contributed by atoms with Crippen molar-refractivity contribution < 1.29 is 14.3 Å². The highest BCUT2D eigenvalue weighted by atomic mass is 16.5. The molecule has 0 aliphatic carbocycles. The fourth-order valence-corrected chi connectivity index (χ4v) is 3.14. The van der Waals surface area contributed by atoms with E-state index in [0.717, 1.165) is 6.42 Å². The Balaban J connectivity index is 2.09. The number of rotatable bonds is 10. The second-order valence-electron chi connectivity index (χ2n) is 7.82. The normalized spacial score (nSPS) is 20.6. The third-order valence-electron chi connectivity index (χ3n) is 5.05. The summed E-state index contributed by atoms with van der Waals surface area (Å²) in [5.74, 6) is -0.782. The topological polar surface area (TPSA) is 207 Å². The smallest absolute Gasteiger partial charge is 0.351 e. The van der Waals surface area contributed by atoms with E-state index in [1.165, 1.54) is 21.7 Å². The van der Waals surface area contributed by atoms with Crippen molar-refractivity contribution >= 4 is 23.6 Å². The van der Waals surface area contributed by atoms with E-state index in [9.17, 15) is 14.4 Å². The van der Waals surface area contributed by atoms with Crippen LogP contribution in [0.15, 0.2) is 29.2 Å². The van der Waals surface area contributed by atoms with Crippen LogP contribution in [0.3, 0.4) is 0 Å². The standard InChI is InChI=1S/C20H33N9O4/c1-3-8-25-18(31)17-13(26-15(30)11-12(21)6-9-28(2)19(23)24)4-5-16(33-17)29-10-7-14(22)27-20(29)32/h4-5,7,10,12-13,16-17H,3,6,8-9,11,21H2,1-2H3,(H3,23,24)(H,25,31)(H,26,30)(H2,22,27,32)/t12-,13-,16+,17-/m0/s1. The van der Waals surface area contributed by atoms with Crippen molar-refractivity contribution in [3.8, 4) is 0 Å². The quantitative estimate of drug-likeness (QED) is 0.131. The fourth-order valence-electron chi connectivity index (χ4n) is 3.14. The van der Waals surface area contributed by atoms with E-state index in [0.29, 0.717) is 19.5 Å². The molecule has 13 nitrogen and oxygen atoms in total. The molecule has 0 unspecified atom stereocenters. The molecule has 9 N–H and O–H groups in total. The fraction of sp³-hybridized carbons (Fsp3) is 0.550. The van der Waals surface area contributed by atoms with Crippen LogP contribution in [0.1, 0.15) is 32.4 Å². The van der Waals surface area contributed by atoms with Crippen molar-refractivity contribution in [2.24, 2.45) is 11.5 Å². The number of anilines is 1. The van der Waals surface area contributed by atoms with Crippen LogP contribution in [0.25, 0.3) is 0 Å². The maximum Gasteiger partial charge on any atom is 0.351 e. The van der Waals surface area contributed by atoms with Crippen molar-refractivity contribution in [1.29, 1.82) is 5.41 Å². The van der Waals surface area contributed by atoms with Crippen molar-refractivity contribution in [3.05, 3.63) is 34.9 Å². The number of hydrogen-bond donors (Lipinski definition) is 6. The molecule has 33 heavy (non-hydrogen) atoms. The lowest BCUT2D eigenvalue weighted by atomic mass is 10.0. The third kappa shape index (κ3) is 7.57. The lowest BCUT2D eigenvalue weighted by Gasteiger charge is -2.32. The Morgan fingerprint density at radius 3 is 2.76 bits per heavy atom. The number of guanidine groups is 1. The summed E-state index contributed by atoms with van der Waals surface area (Å²) in [6.07, 6.45) is 3.84. The Morgan fingerprint density at radius 1 is 1.39 bits per heavy atom. The first-order chi connectivity index (χ1) is 15.6. The van der Waals surface area contributed by atoms with E-state index in [1.54, 1.807) is 19.2 Å². The predicted molar refractivity (Wildman–Crippen MR) is 123 cm³/mol. The van der Waals surface area contributed by atoms with Gasteiger partial charge in [0.25, 0.3) is 5.91 Å². The van der Waals surface area contributed by atoms with E-state index in [1.807, 2.05) is 6.92 Å². The number of ether oxygens (including phenoxy) is 1. The minimum Gasteiger partial charge on any atom is -0.383 e. The molecular formula is C20H33N9O4. The maximum absolute atomic E-state index is 12.7. The molecule has 0 spiro atoms. The van der Waals surface area contributed by atoms with E-state index >= 15 is 0 Å². The van der Waals surface area contributed by atoms with Gasteiger partial charge in [0.2, 0.25) is 5.91 Å². The Kier molecular flexibility index (Phi) is 9.36. The molecule has 13 heteroatoms. The van der Waals surface area contributed by atoms with Gasteiger partial charge in [-0.1, -0.05) is 13.0 Å². The first-order valence-corrected chi connectivity index (χ1v) is 10.7. The molecular weight excluding hydrogens is 430 g/mol. The summed E-state index contributed by atoms with van der Waals surface area (Å²) >= 11 is 0. The summed E-state index contributed by atoms with van der Waals surface area (Å²) in [5.41, 5.74) is 16.3. The average Bonchev–Trinajstić information content (AvgIpc) is 2.76. The summed E-state index contributed by atoms with van der Waals surface area (Å²) in [6, 6.07) is 0.235. The molecule has 0 bridgehead atoms. The Bertz CT molecular complexity index is 932. The number of nitrogen functional groups attached to an aromatic ring is 1. The molecule has 2 heterocycles. The van der Waals surface area contributed by atoms with Crippen molar-refractivity contribution in [2.45, 2.75) is 50.6 Å². The Hall–Kier alpha value is -3.45. The lowest BCUT2D eigenvalue weighted by Crippen LogP contribution is -2.54. The first kappa shape index (κ1) is 25.8. The monoisotopic (exact) mass is 463 g/mol. The predicted octanol–water partition coefficient (Wildman–Crippen LogP) is -1.78. The third-order valence-corrected chi connectivity index (χ3v) is 5.05. The molecule has 2 rings (SSSR count). The van der Waals surface area contributed by atoms with E-state index in [2.05, 4.69) is 15.6 Å². The summed E-state index contributed by atoms with van der Waals surface area (Å²) in [6.45, 7) is 2.78. The van der Waals surface area contributed by atoms with Crippen LogP contribution in [0.5, 0.6) is 0 Å². The second-order valence-corrected chi connectivity index (χ2v) is 7.82. The van der Waals surface area contributed by atoms with Gasteiger partial charge < -0.3 is 37.5 Å². The van der Waals surface area contributed by atoms with Crippen LogP contribution in [-0.4, -0.2) is 70.5 Å². The summed E-state index contributed by atoms with van der Waals surface area (Å²) in [5, 5.41) is 12.9. The van der Waals surface area contributed by atoms with Gasteiger partial charge in [0.1, 0.15) is 5.82 Å². The summed E-state index contributed by atoms with van der Waals surface area (Å²) in [4.78, 5) is 42.6. The second kappa shape index (κ2) is 12.0. The molecule has 1 aromatic rings. The largest absolute Gasteiger partial charge is 0.383 e. The van der Waals surface area contributed by atoms with Gasteiger partial charge in [-0.15, -0.1) is 0 Å². The van der Waals surface area contributed by atoms with Crippen LogP contribution in [0.2, 0.25) is 0 Å². The Labute approximate surface area is 191 Å². The Morgan fingerprint density at radius 2 is 2.12 bits per heavy atom. The highest BCUT2D eigenvalue weighted by molar-refractivity contribution is 5.84. The number of nitrogens with two attached hydrogens (primary N) is 3. The number of nitrogens with zero attached hydrogens (tertiary/aromatic N) is 3. The molecule has 1 aliphatic rings. The van der Waals surface area contributed by atoms with Gasteiger partial charge in [-0.05, 0) is 25.0 Å². The highest BCUT2D eigenvalue weighted by Crippen LogP contribution is 2.21. The van der Waals surface area contributed by atoms with E-state index in [4.69, 9.17) is 27.3 Å². The van der Waals surface area contributed by atoms with Gasteiger partial charge in [0, 0.05) is 38.8 Å². The zero-order chi connectivity index (χ0) is 24.5. The molecule has 0 aromatic carbocycles. The number of nitrogens with one attached hydrogen (secondary N) is 3. The van der Waals surface area contributed by atoms with Gasteiger partial charge in [-0.2, -0.15) is 4.98 Å². The van der Waals surface area contributed by atoms with Crippen molar-refractivity contribution in [1.82, 2.24) is 25.1 Å². The van der Waals surface area contributed by atoms with Crippen molar-refractivity contribution in [2.75, 3.05) is 25.9 Å². The van der Waals surface area contributed by atoms with E-state index < -0.39 is 36.0 Å². The van der Waals surface area contributed by atoms with Crippen molar-refractivity contribution in [3.63, 3.8) is 0 Å². The number of hydrogen-bond acceptors (Lipinski definition) is 8. The molecule has 182 valence electrons. The number of amides is 2. The van der Waals surface area contributed by atoms with Gasteiger partial charge in [-0.3, -0.25) is 19.6 Å². The zero-order valence-corrected chi connectivity index (χ0v) is 18.9. The highest BCUT2D eigenvalue weighted by Gasteiger charge is 2.35. The molecule has 2 amide bonds. The van der Waals surface area contributed by atoms with E-state index in [-0.39, 0.29) is 24.1 Å². The molecule has 0 radical (unpaired) electrons. The van der Waals surface area contributed by atoms with Crippen LogP contribution in [0.4, 0.5) is 5.82 Å². The van der Waals surface area contributed by atoms with Gasteiger partial charge in [-0.25, -0.2) is 4.79 Å². The number of aromatic nitrogens is 2. The number of carbonyl (C=O) groups is 2.